The number of carbonyl (C=O) groups excluding carboxylic acids is 1. The van der Waals surface area contributed by atoms with Crippen molar-refractivity contribution < 1.29 is 13.9 Å². The van der Waals surface area contributed by atoms with Gasteiger partial charge in [0.05, 0.1) is 36.3 Å². The second-order valence-electron chi connectivity index (χ2n) is 9.29. The predicted octanol–water partition coefficient (Wildman–Crippen LogP) is 3.45. The molecule has 2 aromatic carbocycles. The summed E-state index contributed by atoms with van der Waals surface area (Å²) in [6, 6.07) is 11.6. The highest BCUT2D eigenvalue weighted by Gasteiger charge is 2.27. The molecule has 0 unspecified atom stereocenters. The average Bonchev–Trinajstić information content (AvgIpc) is 3.59. The van der Waals surface area contributed by atoms with Crippen LogP contribution in [0.4, 0.5) is 21.5 Å². The summed E-state index contributed by atoms with van der Waals surface area (Å²) in [5.74, 6) is -0.600. The minimum absolute atomic E-state index is 0.288. The average molecular weight is 479 g/mol. The summed E-state index contributed by atoms with van der Waals surface area (Å²) < 4.78 is 20.9. The first-order chi connectivity index (χ1) is 17.0. The van der Waals surface area contributed by atoms with Gasteiger partial charge in [0.15, 0.2) is 0 Å². The van der Waals surface area contributed by atoms with E-state index in [9.17, 15) is 4.79 Å². The Morgan fingerprint density at radius 3 is 2.57 bits per heavy atom. The van der Waals surface area contributed by atoms with E-state index in [1.54, 1.807) is 18.3 Å². The molecule has 2 saturated heterocycles. The van der Waals surface area contributed by atoms with Crippen LogP contribution in [0.15, 0.2) is 48.8 Å². The minimum Gasteiger partial charge on any atom is -0.378 e. The molecule has 0 aliphatic carbocycles. The normalized spacial score (nSPS) is 18.3. The monoisotopic (exact) mass is 478 g/mol. The Hall–Kier alpha value is -3.43. The standard InChI is InChI=1S/C26H31FN6O2/c1-31(2)21-7-8-33(17-21)25-14-23(27)22(13-24(25)30-26(34)19-15-28-29-16-19)18-3-5-20(6-4-18)32-9-11-35-12-10-32/h3-6,13-16,21H,7-12,17H2,1-2H3,(H,28,29)(H,30,34)/t21-/m1/s1. The van der Waals surface area contributed by atoms with Crippen molar-refractivity contribution >= 4 is 23.0 Å². The van der Waals surface area contributed by atoms with E-state index < -0.39 is 0 Å². The van der Waals surface area contributed by atoms with Crippen molar-refractivity contribution in [3.63, 3.8) is 0 Å². The smallest absolute Gasteiger partial charge is 0.258 e. The van der Waals surface area contributed by atoms with E-state index in [0.29, 0.717) is 41.8 Å². The number of halogens is 1. The number of morpholine rings is 1. The van der Waals surface area contributed by atoms with Crippen LogP contribution >= 0.6 is 0 Å². The van der Waals surface area contributed by atoms with Crippen LogP contribution in [0.2, 0.25) is 0 Å². The number of hydrogen-bond acceptors (Lipinski definition) is 6. The molecule has 0 spiro atoms. The zero-order valence-corrected chi connectivity index (χ0v) is 20.1. The molecule has 5 rings (SSSR count). The van der Waals surface area contributed by atoms with E-state index >= 15 is 4.39 Å². The second kappa shape index (κ2) is 10.1. The third-order valence-electron chi connectivity index (χ3n) is 6.88. The van der Waals surface area contributed by atoms with Gasteiger partial charge in [0.25, 0.3) is 5.91 Å². The molecule has 1 atom stereocenters. The van der Waals surface area contributed by atoms with E-state index in [1.165, 1.54) is 6.20 Å². The molecule has 2 aliphatic heterocycles. The number of hydrogen-bond donors (Lipinski definition) is 2. The van der Waals surface area contributed by atoms with Gasteiger partial charge in [-0.2, -0.15) is 5.10 Å². The van der Waals surface area contributed by atoms with E-state index in [-0.39, 0.29) is 11.7 Å². The fraction of sp³-hybridized carbons (Fsp3) is 0.385. The van der Waals surface area contributed by atoms with Gasteiger partial charge >= 0.3 is 0 Å². The molecule has 9 heteroatoms. The molecule has 184 valence electrons. The largest absolute Gasteiger partial charge is 0.378 e. The lowest BCUT2D eigenvalue weighted by Gasteiger charge is -2.29. The predicted molar refractivity (Wildman–Crippen MR) is 136 cm³/mol. The number of carbonyl (C=O) groups is 1. The summed E-state index contributed by atoms with van der Waals surface area (Å²) in [4.78, 5) is 19.4. The van der Waals surface area contributed by atoms with E-state index in [2.05, 4.69) is 44.3 Å². The van der Waals surface area contributed by atoms with Gasteiger partial charge in [-0.05, 0) is 50.3 Å². The van der Waals surface area contributed by atoms with Crippen LogP contribution in [0.3, 0.4) is 0 Å². The Kier molecular flexibility index (Phi) is 6.70. The number of ether oxygens (including phenoxy) is 1. The summed E-state index contributed by atoms with van der Waals surface area (Å²) in [5.41, 5.74) is 4.01. The van der Waals surface area contributed by atoms with Crippen molar-refractivity contribution in [2.24, 2.45) is 0 Å². The molecule has 2 fully saturated rings. The van der Waals surface area contributed by atoms with Crippen LogP contribution in [-0.4, -0.2) is 80.5 Å². The number of benzene rings is 2. The summed E-state index contributed by atoms with van der Waals surface area (Å²) in [5, 5.41) is 9.52. The summed E-state index contributed by atoms with van der Waals surface area (Å²) in [6.45, 7) is 4.68. The number of aromatic nitrogens is 2. The Labute approximate surface area is 204 Å². The fourth-order valence-corrected chi connectivity index (χ4v) is 4.77. The number of nitrogens with one attached hydrogen (secondary N) is 2. The van der Waals surface area contributed by atoms with Crippen LogP contribution in [0.25, 0.3) is 11.1 Å². The van der Waals surface area contributed by atoms with Gasteiger partial charge < -0.3 is 24.8 Å². The van der Waals surface area contributed by atoms with Gasteiger partial charge in [-0.3, -0.25) is 9.89 Å². The number of H-pyrrole nitrogens is 1. The summed E-state index contributed by atoms with van der Waals surface area (Å²) >= 11 is 0. The molecular formula is C26H31FN6O2. The minimum atomic E-state index is -0.311. The molecule has 2 aliphatic rings. The Morgan fingerprint density at radius 1 is 1.14 bits per heavy atom. The second-order valence-corrected chi connectivity index (χ2v) is 9.29. The molecule has 2 N–H and O–H groups in total. The van der Waals surface area contributed by atoms with Crippen LogP contribution in [-0.2, 0) is 4.74 Å². The maximum atomic E-state index is 15.5. The number of nitrogens with zero attached hydrogens (tertiary/aromatic N) is 4. The molecule has 1 amide bonds. The maximum Gasteiger partial charge on any atom is 0.258 e. The van der Waals surface area contributed by atoms with Crippen molar-refractivity contribution in [1.82, 2.24) is 15.1 Å². The first-order valence-electron chi connectivity index (χ1n) is 12.0. The molecule has 1 aromatic heterocycles. The Morgan fingerprint density at radius 2 is 1.91 bits per heavy atom. The number of likely N-dealkylation sites (N-methyl/N-ethyl adjacent to an activating group) is 1. The van der Waals surface area contributed by atoms with Crippen molar-refractivity contribution in [2.75, 3.05) is 68.6 Å². The molecule has 35 heavy (non-hydrogen) atoms. The Balaban J connectivity index is 1.47. The molecular weight excluding hydrogens is 447 g/mol. The molecule has 3 heterocycles. The molecule has 0 bridgehead atoms. The number of rotatable bonds is 6. The lowest BCUT2D eigenvalue weighted by atomic mass is 10.0. The van der Waals surface area contributed by atoms with Crippen LogP contribution in [0.5, 0.6) is 0 Å². The van der Waals surface area contributed by atoms with Crippen LogP contribution in [0.1, 0.15) is 16.8 Å². The molecule has 3 aromatic rings. The third-order valence-corrected chi connectivity index (χ3v) is 6.88. The van der Waals surface area contributed by atoms with Crippen molar-refractivity contribution in [2.45, 2.75) is 12.5 Å². The van der Waals surface area contributed by atoms with E-state index in [1.807, 2.05) is 24.3 Å². The quantitative estimate of drug-likeness (QED) is 0.565. The lowest BCUT2D eigenvalue weighted by molar-refractivity contribution is 0.102. The highest BCUT2D eigenvalue weighted by molar-refractivity contribution is 6.06. The Bertz CT molecular complexity index is 1160. The van der Waals surface area contributed by atoms with E-state index in [0.717, 1.165) is 43.9 Å². The zero-order valence-electron chi connectivity index (χ0n) is 20.1. The first-order valence-corrected chi connectivity index (χ1v) is 12.0. The van der Waals surface area contributed by atoms with Gasteiger partial charge in [0.1, 0.15) is 5.82 Å². The maximum absolute atomic E-state index is 15.5. The van der Waals surface area contributed by atoms with Gasteiger partial charge in [-0.15, -0.1) is 0 Å². The van der Waals surface area contributed by atoms with Crippen molar-refractivity contribution in [3.8, 4) is 11.1 Å². The van der Waals surface area contributed by atoms with E-state index in [4.69, 9.17) is 4.74 Å². The SMILES string of the molecule is CN(C)[C@@H]1CCN(c2cc(F)c(-c3ccc(N4CCOCC4)cc3)cc2NC(=O)c2cn[nH]c2)C1. The van der Waals surface area contributed by atoms with Crippen molar-refractivity contribution in [1.29, 1.82) is 0 Å². The fourth-order valence-electron chi connectivity index (χ4n) is 4.77. The molecule has 8 nitrogen and oxygen atoms in total. The van der Waals surface area contributed by atoms with Crippen LogP contribution in [0, 0.1) is 5.82 Å². The zero-order chi connectivity index (χ0) is 24.4. The van der Waals surface area contributed by atoms with Gasteiger partial charge in [-0.25, -0.2) is 4.39 Å². The molecule has 0 saturated carbocycles. The molecule has 0 radical (unpaired) electrons. The van der Waals surface area contributed by atoms with Gasteiger partial charge in [0, 0.05) is 49.7 Å². The highest BCUT2D eigenvalue weighted by atomic mass is 19.1. The first kappa shape index (κ1) is 23.3. The summed E-state index contributed by atoms with van der Waals surface area (Å²) in [6.07, 6.45) is 4.00. The lowest BCUT2D eigenvalue weighted by Crippen LogP contribution is -2.36. The van der Waals surface area contributed by atoms with Crippen molar-refractivity contribution in [3.05, 3.63) is 60.2 Å². The van der Waals surface area contributed by atoms with Crippen LogP contribution < -0.4 is 15.1 Å². The number of amides is 1. The topological polar surface area (TPSA) is 76.7 Å². The number of anilines is 3. The highest BCUT2D eigenvalue weighted by Crippen LogP contribution is 2.37. The van der Waals surface area contributed by atoms with Gasteiger partial charge in [0.2, 0.25) is 0 Å². The van der Waals surface area contributed by atoms with Gasteiger partial charge in [-0.1, -0.05) is 12.1 Å². The summed E-state index contributed by atoms with van der Waals surface area (Å²) in [7, 11) is 4.11. The number of aromatic amines is 1. The third kappa shape index (κ3) is 5.01.